The third-order valence-corrected chi connectivity index (χ3v) is 3.89. The first-order valence-corrected chi connectivity index (χ1v) is 7.50. The molecule has 2 heterocycles. The van der Waals surface area contributed by atoms with Crippen LogP contribution in [-0.2, 0) is 6.42 Å². The van der Waals surface area contributed by atoms with Gasteiger partial charge in [0.05, 0.1) is 11.6 Å². The number of nitrogen functional groups attached to an aromatic ring is 1. The smallest absolute Gasteiger partial charge is 0.256 e. The van der Waals surface area contributed by atoms with Crippen molar-refractivity contribution in [1.82, 2.24) is 20.2 Å². The number of hydrogen-bond acceptors (Lipinski definition) is 5. The molecule has 0 saturated carbocycles. The highest BCUT2D eigenvalue weighted by atomic mass is 16.1. The third kappa shape index (κ3) is 3.19. The Labute approximate surface area is 119 Å². The van der Waals surface area contributed by atoms with Crippen LogP contribution < -0.4 is 16.6 Å². The van der Waals surface area contributed by atoms with Crippen LogP contribution in [0.1, 0.15) is 44.1 Å². The monoisotopic (exact) mass is 279 g/mol. The van der Waals surface area contributed by atoms with Gasteiger partial charge in [0.1, 0.15) is 11.6 Å². The number of H-pyrrole nitrogens is 1. The van der Waals surface area contributed by atoms with Gasteiger partial charge in [-0.05, 0) is 12.8 Å². The fraction of sp³-hybridized carbons (Fsp3) is 0.714. The van der Waals surface area contributed by atoms with Crippen molar-refractivity contribution >= 4 is 5.82 Å². The number of nitrogens with two attached hydrogens (primary N) is 1. The zero-order chi connectivity index (χ0) is 14.5. The summed E-state index contributed by atoms with van der Waals surface area (Å²) in [5.41, 5.74) is 6.43. The molecule has 0 radical (unpaired) electrons. The Hall–Kier alpha value is -1.40. The number of hydrogen-bond donors (Lipinski definition) is 3. The summed E-state index contributed by atoms with van der Waals surface area (Å²) in [5, 5.41) is 3.35. The maximum atomic E-state index is 12.1. The van der Waals surface area contributed by atoms with Gasteiger partial charge in [0.2, 0.25) is 0 Å². The molecule has 0 aliphatic carbocycles. The van der Waals surface area contributed by atoms with Crippen molar-refractivity contribution in [2.24, 2.45) is 0 Å². The average molecular weight is 279 g/mol. The second-order valence-corrected chi connectivity index (χ2v) is 5.26. The molecule has 1 aliphatic rings. The fourth-order valence-corrected chi connectivity index (χ4v) is 2.79. The molecule has 1 aromatic heterocycles. The van der Waals surface area contributed by atoms with Crippen molar-refractivity contribution in [3.05, 3.63) is 21.7 Å². The SMILES string of the molecule is CCCC(c1nc(N)c(CC)c(=O)[nH]1)N1CCNCC1. The Morgan fingerprint density at radius 3 is 2.60 bits per heavy atom. The lowest BCUT2D eigenvalue weighted by molar-refractivity contribution is 0.158. The van der Waals surface area contributed by atoms with E-state index >= 15 is 0 Å². The quantitative estimate of drug-likeness (QED) is 0.737. The highest BCUT2D eigenvalue weighted by Gasteiger charge is 2.24. The van der Waals surface area contributed by atoms with E-state index in [1.165, 1.54) is 0 Å². The molecule has 1 fully saturated rings. The first kappa shape index (κ1) is 15.0. The number of piperazine rings is 1. The van der Waals surface area contributed by atoms with Crippen molar-refractivity contribution in [3.63, 3.8) is 0 Å². The van der Waals surface area contributed by atoms with E-state index < -0.39 is 0 Å². The normalized spacial score (nSPS) is 18.1. The molecule has 1 saturated heterocycles. The van der Waals surface area contributed by atoms with Crippen molar-refractivity contribution in [2.75, 3.05) is 31.9 Å². The van der Waals surface area contributed by atoms with Crippen LogP contribution >= 0.6 is 0 Å². The average Bonchev–Trinajstić information content (AvgIpc) is 2.45. The number of aromatic amines is 1. The molecule has 4 N–H and O–H groups in total. The molecule has 1 aliphatic heterocycles. The number of aromatic nitrogens is 2. The van der Waals surface area contributed by atoms with Gasteiger partial charge < -0.3 is 16.0 Å². The van der Waals surface area contributed by atoms with Gasteiger partial charge in [0.15, 0.2) is 0 Å². The fourth-order valence-electron chi connectivity index (χ4n) is 2.79. The minimum Gasteiger partial charge on any atom is -0.383 e. The van der Waals surface area contributed by atoms with Gasteiger partial charge in [-0.3, -0.25) is 9.69 Å². The summed E-state index contributed by atoms with van der Waals surface area (Å²) in [4.78, 5) is 21.9. The molecule has 20 heavy (non-hydrogen) atoms. The minimum atomic E-state index is -0.0914. The van der Waals surface area contributed by atoms with Crippen molar-refractivity contribution in [2.45, 2.75) is 39.2 Å². The molecular weight excluding hydrogens is 254 g/mol. The van der Waals surface area contributed by atoms with Gasteiger partial charge in [-0.2, -0.15) is 0 Å². The number of nitrogens with zero attached hydrogens (tertiary/aromatic N) is 2. The van der Waals surface area contributed by atoms with Crippen LogP contribution in [0.5, 0.6) is 0 Å². The van der Waals surface area contributed by atoms with Gasteiger partial charge >= 0.3 is 0 Å². The first-order chi connectivity index (χ1) is 9.67. The molecule has 0 amide bonds. The van der Waals surface area contributed by atoms with Crippen molar-refractivity contribution in [3.8, 4) is 0 Å². The summed E-state index contributed by atoms with van der Waals surface area (Å²) in [6.45, 7) is 7.98. The second kappa shape index (κ2) is 6.85. The first-order valence-electron chi connectivity index (χ1n) is 7.50. The van der Waals surface area contributed by atoms with E-state index in [1.54, 1.807) is 0 Å². The Morgan fingerprint density at radius 2 is 2.05 bits per heavy atom. The van der Waals surface area contributed by atoms with Crippen LogP contribution in [0.4, 0.5) is 5.82 Å². The van der Waals surface area contributed by atoms with E-state index in [-0.39, 0.29) is 11.6 Å². The van der Waals surface area contributed by atoms with Gasteiger partial charge in [0, 0.05) is 26.2 Å². The maximum Gasteiger partial charge on any atom is 0.256 e. The van der Waals surface area contributed by atoms with Crippen LogP contribution in [0.3, 0.4) is 0 Å². The zero-order valence-corrected chi connectivity index (χ0v) is 12.4. The van der Waals surface area contributed by atoms with Gasteiger partial charge in [-0.1, -0.05) is 20.3 Å². The lowest BCUT2D eigenvalue weighted by atomic mass is 10.1. The van der Waals surface area contributed by atoms with Crippen LogP contribution in [0.15, 0.2) is 4.79 Å². The summed E-state index contributed by atoms with van der Waals surface area (Å²) in [5.74, 6) is 1.09. The zero-order valence-electron chi connectivity index (χ0n) is 12.4. The molecule has 1 unspecified atom stereocenters. The van der Waals surface area contributed by atoms with E-state index in [1.807, 2.05) is 6.92 Å². The molecule has 1 atom stereocenters. The number of rotatable bonds is 5. The largest absolute Gasteiger partial charge is 0.383 e. The van der Waals surface area contributed by atoms with E-state index in [4.69, 9.17) is 5.73 Å². The van der Waals surface area contributed by atoms with Crippen molar-refractivity contribution in [1.29, 1.82) is 0 Å². The van der Waals surface area contributed by atoms with E-state index in [0.29, 0.717) is 23.6 Å². The van der Waals surface area contributed by atoms with Gasteiger partial charge in [-0.15, -0.1) is 0 Å². The Balaban J connectivity index is 2.31. The maximum absolute atomic E-state index is 12.1. The lowest BCUT2D eigenvalue weighted by Gasteiger charge is -2.34. The van der Waals surface area contributed by atoms with Crippen LogP contribution in [0, 0.1) is 0 Å². The molecule has 112 valence electrons. The summed E-state index contributed by atoms with van der Waals surface area (Å²) in [7, 11) is 0. The number of anilines is 1. The molecule has 0 aromatic carbocycles. The predicted molar refractivity (Wildman–Crippen MR) is 80.7 cm³/mol. The van der Waals surface area contributed by atoms with Gasteiger partial charge in [0.25, 0.3) is 5.56 Å². The standard InChI is InChI=1S/C14H25N5O/c1-3-5-11(19-8-6-16-7-9-19)13-17-12(15)10(4-2)14(20)18-13/h11,16H,3-9H2,1-2H3,(H3,15,17,18,20). The molecule has 2 rings (SSSR count). The molecule has 0 spiro atoms. The number of nitrogens with one attached hydrogen (secondary N) is 2. The Bertz CT molecular complexity index is 493. The van der Waals surface area contributed by atoms with Crippen molar-refractivity contribution < 1.29 is 0 Å². The van der Waals surface area contributed by atoms with Crippen LogP contribution in [0.2, 0.25) is 0 Å². The molecular formula is C14H25N5O. The topological polar surface area (TPSA) is 87.0 Å². The highest BCUT2D eigenvalue weighted by Crippen LogP contribution is 2.23. The highest BCUT2D eigenvalue weighted by molar-refractivity contribution is 5.37. The van der Waals surface area contributed by atoms with Gasteiger partial charge in [-0.25, -0.2) is 4.98 Å². The van der Waals surface area contributed by atoms with E-state index in [0.717, 1.165) is 39.0 Å². The summed E-state index contributed by atoms with van der Waals surface area (Å²) in [6, 6.07) is 0.156. The summed E-state index contributed by atoms with van der Waals surface area (Å²) >= 11 is 0. The second-order valence-electron chi connectivity index (χ2n) is 5.26. The minimum absolute atomic E-state index is 0.0914. The Kier molecular flexibility index (Phi) is 5.14. The summed E-state index contributed by atoms with van der Waals surface area (Å²) in [6.07, 6.45) is 2.64. The van der Waals surface area contributed by atoms with Crippen LogP contribution in [0.25, 0.3) is 0 Å². The lowest BCUT2D eigenvalue weighted by Crippen LogP contribution is -2.45. The molecule has 6 nitrogen and oxygen atoms in total. The molecule has 1 aromatic rings. The molecule has 6 heteroatoms. The molecule has 0 bridgehead atoms. The summed E-state index contributed by atoms with van der Waals surface area (Å²) < 4.78 is 0. The predicted octanol–water partition coefficient (Wildman–Crippen LogP) is 0.661. The van der Waals surface area contributed by atoms with Crippen LogP contribution in [-0.4, -0.2) is 41.0 Å². The Morgan fingerprint density at radius 1 is 1.35 bits per heavy atom. The third-order valence-electron chi connectivity index (χ3n) is 3.89. The van der Waals surface area contributed by atoms with E-state index in [9.17, 15) is 4.79 Å². The van der Waals surface area contributed by atoms with E-state index in [2.05, 4.69) is 27.1 Å².